The van der Waals surface area contributed by atoms with Gasteiger partial charge in [0.25, 0.3) is 0 Å². The number of benzene rings is 2. The van der Waals surface area contributed by atoms with Crippen molar-refractivity contribution in [2.45, 2.75) is 26.7 Å². The number of aryl methyl sites for hydroxylation is 1. The summed E-state index contributed by atoms with van der Waals surface area (Å²) in [5.74, 6) is 0.540. The van der Waals surface area contributed by atoms with Crippen molar-refractivity contribution in [2.24, 2.45) is 10.2 Å². The fourth-order valence-electron chi connectivity index (χ4n) is 2.47. The molecule has 0 aliphatic carbocycles. The number of rotatable bonds is 3. The molecule has 0 atom stereocenters. The quantitative estimate of drug-likeness (QED) is 0.596. The fourth-order valence-corrected chi connectivity index (χ4v) is 2.47. The summed E-state index contributed by atoms with van der Waals surface area (Å²) in [6, 6.07) is 13.8. The molecule has 0 radical (unpaired) electrons. The van der Waals surface area contributed by atoms with Crippen molar-refractivity contribution < 1.29 is 5.11 Å². The molecule has 0 saturated carbocycles. The molecule has 0 aliphatic heterocycles. The van der Waals surface area contributed by atoms with E-state index in [9.17, 15) is 5.11 Å². The van der Waals surface area contributed by atoms with Crippen LogP contribution in [0.25, 0.3) is 10.9 Å². The predicted octanol–water partition coefficient (Wildman–Crippen LogP) is 5.72. The third-order valence-electron chi connectivity index (χ3n) is 3.82. The van der Waals surface area contributed by atoms with E-state index >= 15 is 0 Å². The van der Waals surface area contributed by atoms with Gasteiger partial charge in [-0.25, -0.2) is 0 Å². The number of aromatic nitrogens is 1. The van der Waals surface area contributed by atoms with Crippen LogP contribution in [-0.4, -0.2) is 10.1 Å². The largest absolute Gasteiger partial charge is 0.493 e. The summed E-state index contributed by atoms with van der Waals surface area (Å²) in [6.07, 6.45) is 0. The molecule has 1 aromatic heterocycles. The number of nitrogens with one attached hydrogen (secondary N) is 1. The highest BCUT2D eigenvalue weighted by Crippen LogP contribution is 2.37. The van der Waals surface area contributed by atoms with Crippen molar-refractivity contribution in [1.82, 2.24) is 4.98 Å². The third kappa shape index (κ3) is 2.60. The molecule has 22 heavy (non-hydrogen) atoms. The molecule has 2 N–H and O–H groups in total. The van der Waals surface area contributed by atoms with Crippen LogP contribution in [0.2, 0.25) is 0 Å². The van der Waals surface area contributed by atoms with Crippen molar-refractivity contribution in [2.75, 3.05) is 0 Å². The molecular formula is C18H19N3O. The zero-order valence-corrected chi connectivity index (χ0v) is 13.0. The van der Waals surface area contributed by atoms with Gasteiger partial charge in [0.05, 0.1) is 11.2 Å². The van der Waals surface area contributed by atoms with Crippen LogP contribution < -0.4 is 0 Å². The van der Waals surface area contributed by atoms with E-state index in [0.717, 1.165) is 22.2 Å². The third-order valence-corrected chi connectivity index (χ3v) is 3.82. The molecule has 4 heteroatoms. The molecule has 0 fully saturated rings. The van der Waals surface area contributed by atoms with Crippen LogP contribution in [0, 0.1) is 6.92 Å². The second-order valence-corrected chi connectivity index (χ2v) is 5.77. The standard InChI is InChI=1S/C18H19N3O/c1-11(2)13-7-9-14(10-8-13)20-21-17-15-6-4-5-12(3)16(15)19-18(17)22/h4-11,19,22H,1-3H3. The Morgan fingerprint density at radius 2 is 1.73 bits per heavy atom. The smallest absolute Gasteiger partial charge is 0.218 e. The first-order valence-corrected chi connectivity index (χ1v) is 7.38. The Hall–Kier alpha value is -2.62. The summed E-state index contributed by atoms with van der Waals surface area (Å²) in [7, 11) is 0. The number of aromatic hydroxyl groups is 1. The summed E-state index contributed by atoms with van der Waals surface area (Å²) < 4.78 is 0. The average molecular weight is 293 g/mol. The minimum atomic E-state index is 0.0480. The first-order chi connectivity index (χ1) is 10.6. The van der Waals surface area contributed by atoms with Gasteiger partial charge in [-0.3, -0.25) is 0 Å². The van der Waals surface area contributed by atoms with E-state index < -0.39 is 0 Å². The lowest BCUT2D eigenvalue weighted by Crippen LogP contribution is -1.84. The number of azo groups is 1. The molecule has 0 saturated heterocycles. The second-order valence-electron chi connectivity index (χ2n) is 5.77. The normalized spacial score (nSPS) is 11.8. The molecule has 0 bridgehead atoms. The Kier molecular flexibility index (Phi) is 3.67. The highest BCUT2D eigenvalue weighted by molar-refractivity contribution is 5.95. The Morgan fingerprint density at radius 1 is 1.00 bits per heavy atom. The molecule has 3 rings (SSSR count). The molecule has 0 unspecified atom stereocenters. The topological polar surface area (TPSA) is 60.7 Å². The zero-order valence-electron chi connectivity index (χ0n) is 13.0. The highest BCUT2D eigenvalue weighted by atomic mass is 16.3. The molecule has 0 aliphatic rings. The Labute approximate surface area is 129 Å². The maximum absolute atomic E-state index is 10.0. The maximum atomic E-state index is 10.0. The van der Waals surface area contributed by atoms with Crippen LogP contribution in [0.5, 0.6) is 5.88 Å². The van der Waals surface area contributed by atoms with Crippen molar-refractivity contribution in [3.05, 3.63) is 53.6 Å². The van der Waals surface area contributed by atoms with E-state index in [1.807, 2.05) is 37.3 Å². The number of para-hydroxylation sites is 1. The van der Waals surface area contributed by atoms with E-state index in [-0.39, 0.29) is 5.88 Å². The van der Waals surface area contributed by atoms with Gasteiger partial charge in [-0.2, -0.15) is 5.11 Å². The molecule has 4 nitrogen and oxygen atoms in total. The predicted molar refractivity (Wildman–Crippen MR) is 89.4 cm³/mol. The van der Waals surface area contributed by atoms with E-state index in [1.165, 1.54) is 5.56 Å². The van der Waals surface area contributed by atoms with Gasteiger partial charge in [-0.15, -0.1) is 5.11 Å². The van der Waals surface area contributed by atoms with Crippen molar-refractivity contribution in [1.29, 1.82) is 0 Å². The lowest BCUT2D eigenvalue weighted by Gasteiger charge is -2.03. The molecule has 0 spiro atoms. The van der Waals surface area contributed by atoms with Gasteiger partial charge in [0.2, 0.25) is 5.88 Å². The maximum Gasteiger partial charge on any atom is 0.218 e. The van der Waals surface area contributed by atoms with Gasteiger partial charge in [0.15, 0.2) is 5.69 Å². The minimum absolute atomic E-state index is 0.0480. The van der Waals surface area contributed by atoms with Gasteiger partial charge in [0, 0.05) is 5.39 Å². The second kappa shape index (κ2) is 5.64. The molecular weight excluding hydrogens is 274 g/mol. The van der Waals surface area contributed by atoms with Gasteiger partial charge in [-0.1, -0.05) is 44.2 Å². The number of H-pyrrole nitrogens is 1. The van der Waals surface area contributed by atoms with Crippen LogP contribution >= 0.6 is 0 Å². The van der Waals surface area contributed by atoms with Crippen molar-refractivity contribution in [3.63, 3.8) is 0 Å². The lowest BCUT2D eigenvalue weighted by atomic mass is 10.0. The summed E-state index contributed by atoms with van der Waals surface area (Å²) in [6.45, 7) is 6.30. The van der Waals surface area contributed by atoms with Gasteiger partial charge < -0.3 is 10.1 Å². The Bertz CT molecular complexity index is 829. The Balaban J connectivity index is 1.95. The first-order valence-electron chi connectivity index (χ1n) is 7.38. The fraction of sp³-hybridized carbons (Fsp3) is 0.222. The number of aromatic amines is 1. The lowest BCUT2D eigenvalue weighted by molar-refractivity contribution is 0.459. The Morgan fingerprint density at radius 3 is 2.41 bits per heavy atom. The van der Waals surface area contributed by atoms with Crippen LogP contribution in [0.15, 0.2) is 52.7 Å². The van der Waals surface area contributed by atoms with E-state index in [4.69, 9.17) is 0 Å². The number of fused-ring (bicyclic) bond motifs is 1. The van der Waals surface area contributed by atoms with Gasteiger partial charge in [0.1, 0.15) is 0 Å². The average Bonchev–Trinajstić information content (AvgIpc) is 2.83. The van der Waals surface area contributed by atoms with Gasteiger partial charge in [-0.05, 0) is 36.1 Å². The first kappa shape index (κ1) is 14.3. The summed E-state index contributed by atoms with van der Waals surface area (Å²) in [5, 5.41) is 19.4. The SMILES string of the molecule is Cc1cccc2c(N=Nc3ccc(C(C)C)cc3)c(O)[nH]c12. The van der Waals surface area contributed by atoms with E-state index in [0.29, 0.717) is 11.6 Å². The van der Waals surface area contributed by atoms with Crippen LogP contribution in [-0.2, 0) is 0 Å². The molecule has 1 heterocycles. The molecule has 112 valence electrons. The summed E-state index contributed by atoms with van der Waals surface area (Å²) >= 11 is 0. The summed E-state index contributed by atoms with van der Waals surface area (Å²) in [5.41, 5.74) is 4.47. The summed E-state index contributed by atoms with van der Waals surface area (Å²) in [4.78, 5) is 2.96. The number of nitrogens with zero attached hydrogens (tertiary/aromatic N) is 2. The monoisotopic (exact) mass is 293 g/mol. The highest BCUT2D eigenvalue weighted by Gasteiger charge is 2.11. The number of hydrogen-bond donors (Lipinski definition) is 2. The van der Waals surface area contributed by atoms with E-state index in [2.05, 4.69) is 41.2 Å². The molecule has 3 aromatic rings. The van der Waals surface area contributed by atoms with Crippen molar-refractivity contribution in [3.8, 4) is 5.88 Å². The van der Waals surface area contributed by atoms with E-state index in [1.54, 1.807) is 0 Å². The van der Waals surface area contributed by atoms with Crippen LogP contribution in [0.4, 0.5) is 11.4 Å². The van der Waals surface area contributed by atoms with Crippen molar-refractivity contribution >= 4 is 22.3 Å². The van der Waals surface area contributed by atoms with Crippen LogP contribution in [0.1, 0.15) is 30.9 Å². The van der Waals surface area contributed by atoms with Crippen LogP contribution in [0.3, 0.4) is 0 Å². The number of hydrogen-bond acceptors (Lipinski definition) is 3. The molecule has 0 amide bonds. The minimum Gasteiger partial charge on any atom is -0.493 e. The molecule has 2 aromatic carbocycles. The van der Waals surface area contributed by atoms with Gasteiger partial charge >= 0.3 is 0 Å². The zero-order chi connectivity index (χ0) is 15.7.